The largest absolute Gasteiger partial charge is 0.481 e. The van der Waals surface area contributed by atoms with Crippen molar-refractivity contribution in [2.45, 2.75) is 37.4 Å². The smallest absolute Gasteiger partial charge is 0.326 e. The summed E-state index contributed by atoms with van der Waals surface area (Å²) in [4.78, 5) is 64.8. The third-order valence-electron chi connectivity index (χ3n) is 3.85. The lowest BCUT2D eigenvalue weighted by atomic mass is 10.1. The number of nitrogens with two attached hydrogens (primary N) is 1. The van der Waals surface area contributed by atoms with E-state index >= 15 is 0 Å². The molecule has 0 aliphatic rings. The van der Waals surface area contributed by atoms with Gasteiger partial charge in [0.2, 0.25) is 17.7 Å². The summed E-state index contributed by atoms with van der Waals surface area (Å²) in [5, 5.41) is 24.8. The van der Waals surface area contributed by atoms with Crippen LogP contribution in [-0.4, -0.2) is 80.3 Å². The SMILES string of the molecule is NC(CS)C(=O)NC(CCC(=O)O)C(=O)NCC(=O)NC(Cc1cnc[nH]1)C(=O)O. The molecule has 0 aliphatic heterocycles. The Morgan fingerprint density at radius 1 is 1.13 bits per heavy atom. The van der Waals surface area contributed by atoms with Crippen LogP contribution in [0.2, 0.25) is 0 Å². The van der Waals surface area contributed by atoms with Crippen molar-refractivity contribution in [3.63, 3.8) is 0 Å². The zero-order valence-electron chi connectivity index (χ0n) is 15.8. The molecular weight excluding hydrogens is 420 g/mol. The summed E-state index contributed by atoms with van der Waals surface area (Å²) in [5.41, 5.74) is 6.01. The summed E-state index contributed by atoms with van der Waals surface area (Å²) in [6.07, 6.45) is 2.09. The highest BCUT2D eigenvalue weighted by Crippen LogP contribution is 2.01. The first-order valence-electron chi connectivity index (χ1n) is 8.79. The van der Waals surface area contributed by atoms with Crippen LogP contribution in [-0.2, 0) is 30.4 Å². The minimum absolute atomic E-state index is 0.00835. The minimum Gasteiger partial charge on any atom is -0.481 e. The normalized spacial score (nSPS) is 13.5. The first-order valence-corrected chi connectivity index (χ1v) is 9.43. The number of imidazole rings is 1. The molecule has 3 atom stereocenters. The highest BCUT2D eigenvalue weighted by atomic mass is 32.1. The van der Waals surface area contributed by atoms with Crippen molar-refractivity contribution >= 4 is 42.3 Å². The molecule has 30 heavy (non-hydrogen) atoms. The van der Waals surface area contributed by atoms with Gasteiger partial charge in [-0.05, 0) is 6.42 Å². The maximum atomic E-state index is 12.3. The number of H-pyrrole nitrogens is 1. The molecule has 0 saturated carbocycles. The fraction of sp³-hybridized carbons (Fsp3) is 0.500. The number of hydrogen-bond acceptors (Lipinski definition) is 8. The van der Waals surface area contributed by atoms with Gasteiger partial charge >= 0.3 is 11.9 Å². The zero-order valence-corrected chi connectivity index (χ0v) is 16.7. The fourth-order valence-corrected chi connectivity index (χ4v) is 2.42. The number of aromatic nitrogens is 2. The summed E-state index contributed by atoms with van der Waals surface area (Å²) in [7, 11) is 0. The van der Waals surface area contributed by atoms with E-state index in [1.807, 2.05) is 0 Å². The number of amides is 3. The zero-order chi connectivity index (χ0) is 22.7. The molecule has 0 fully saturated rings. The van der Waals surface area contributed by atoms with E-state index in [9.17, 15) is 29.1 Å². The lowest BCUT2D eigenvalue weighted by molar-refractivity contribution is -0.141. The Kier molecular flexibility index (Phi) is 10.3. The van der Waals surface area contributed by atoms with Crippen LogP contribution in [0.25, 0.3) is 0 Å². The van der Waals surface area contributed by atoms with Crippen molar-refractivity contribution in [3.05, 3.63) is 18.2 Å². The Bertz CT molecular complexity index is 757. The van der Waals surface area contributed by atoms with Gasteiger partial charge in [0.05, 0.1) is 18.9 Å². The van der Waals surface area contributed by atoms with Crippen molar-refractivity contribution in [2.24, 2.45) is 5.73 Å². The van der Waals surface area contributed by atoms with Gasteiger partial charge in [0.25, 0.3) is 0 Å². The Labute approximate surface area is 176 Å². The molecule has 1 aromatic heterocycles. The molecular formula is C16H24N6O7S. The van der Waals surface area contributed by atoms with Gasteiger partial charge in [0.15, 0.2) is 0 Å². The number of carboxylic acid groups (broad SMARTS) is 2. The fourth-order valence-electron chi connectivity index (χ4n) is 2.25. The van der Waals surface area contributed by atoms with Crippen LogP contribution in [0.4, 0.5) is 0 Å². The molecule has 166 valence electrons. The molecule has 1 heterocycles. The summed E-state index contributed by atoms with van der Waals surface area (Å²) in [5.74, 6) is -4.75. The van der Waals surface area contributed by atoms with Crippen molar-refractivity contribution in [3.8, 4) is 0 Å². The Hall–Kier alpha value is -3.13. The molecule has 1 rings (SSSR count). The number of carboxylic acids is 2. The highest BCUT2D eigenvalue weighted by molar-refractivity contribution is 7.80. The monoisotopic (exact) mass is 444 g/mol. The maximum Gasteiger partial charge on any atom is 0.326 e. The first-order chi connectivity index (χ1) is 14.1. The van der Waals surface area contributed by atoms with Crippen LogP contribution in [0, 0.1) is 0 Å². The van der Waals surface area contributed by atoms with E-state index in [2.05, 4.69) is 38.5 Å². The Morgan fingerprint density at radius 3 is 2.37 bits per heavy atom. The van der Waals surface area contributed by atoms with E-state index in [4.69, 9.17) is 10.8 Å². The standard InChI is InChI=1S/C16H24N6O7S/c17-9(6-30)14(26)22-10(1-2-13(24)25)15(27)19-5-12(23)21-11(16(28)29)3-8-4-18-7-20-8/h4,7,9-11,30H,1-3,5-6,17H2,(H,18,20)(H,19,27)(H,21,23)(H,22,26)(H,24,25)(H,28,29). The van der Waals surface area contributed by atoms with Crippen LogP contribution in [0.3, 0.4) is 0 Å². The van der Waals surface area contributed by atoms with E-state index in [0.29, 0.717) is 5.69 Å². The van der Waals surface area contributed by atoms with E-state index in [-0.39, 0.29) is 18.6 Å². The van der Waals surface area contributed by atoms with Gasteiger partial charge in [-0.2, -0.15) is 12.6 Å². The molecule has 3 unspecified atom stereocenters. The molecule has 0 spiro atoms. The van der Waals surface area contributed by atoms with Gasteiger partial charge in [0.1, 0.15) is 12.1 Å². The Balaban J connectivity index is 2.63. The Morgan fingerprint density at radius 2 is 1.83 bits per heavy atom. The number of aliphatic carboxylic acids is 2. The molecule has 13 nitrogen and oxygen atoms in total. The second kappa shape index (κ2) is 12.4. The molecule has 3 amide bonds. The average Bonchev–Trinajstić information content (AvgIpc) is 3.20. The van der Waals surface area contributed by atoms with Crippen molar-refractivity contribution < 1.29 is 34.2 Å². The van der Waals surface area contributed by atoms with Gasteiger partial charge in [0, 0.05) is 30.5 Å². The third-order valence-corrected chi connectivity index (χ3v) is 4.24. The van der Waals surface area contributed by atoms with Crippen LogP contribution < -0.4 is 21.7 Å². The minimum atomic E-state index is -1.28. The second-order valence-electron chi connectivity index (χ2n) is 6.24. The summed E-state index contributed by atoms with van der Waals surface area (Å²) >= 11 is 3.87. The van der Waals surface area contributed by atoms with E-state index in [1.165, 1.54) is 12.5 Å². The lowest BCUT2D eigenvalue weighted by Gasteiger charge is -2.20. The number of rotatable bonds is 13. The number of thiol groups is 1. The van der Waals surface area contributed by atoms with Crippen molar-refractivity contribution in [1.29, 1.82) is 0 Å². The van der Waals surface area contributed by atoms with Crippen LogP contribution >= 0.6 is 12.6 Å². The molecule has 0 bridgehead atoms. The molecule has 0 radical (unpaired) electrons. The molecule has 8 N–H and O–H groups in total. The van der Waals surface area contributed by atoms with Crippen LogP contribution in [0.1, 0.15) is 18.5 Å². The predicted octanol–water partition coefficient (Wildman–Crippen LogP) is -2.76. The highest BCUT2D eigenvalue weighted by Gasteiger charge is 2.25. The molecule has 14 heteroatoms. The average molecular weight is 444 g/mol. The second-order valence-corrected chi connectivity index (χ2v) is 6.60. The maximum absolute atomic E-state index is 12.3. The van der Waals surface area contributed by atoms with Crippen LogP contribution in [0.5, 0.6) is 0 Å². The van der Waals surface area contributed by atoms with Gasteiger partial charge in [-0.1, -0.05) is 0 Å². The number of nitrogens with zero attached hydrogens (tertiary/aromatic N) is 1. The number of hydrogen-bond donors (Lipinski definition) is 8. The summed E-state index contributed by atoms with van der Waals surface area (Å²) in [6.45, 7) is -0.580. The lowest BCUT2D eigenvalue weighted by Crippen LogP contribution is -2.54. The van der Waals surface area contributed by atoms with Crippen LogP contribution in [0.15, 0.2) is 12.5 Å². The van der Waals surface area contributed by atoms with Crippen molar-refractivity contribution in [1.82, 2.24) is 25.9 Å². The van der Waals surface area contributed by atoms with E-state index in [0.717, 1.165) is 0 Å². The first kappa shape index (κ1) is 24.9. The van der Waals surface area contributed by atoms with Gasteiger partial charge in [-0.15, -0.1) is 0 Å². The quantitative estimate of drug-likeness (QED) is 0.148. The number of aromatic amines is 1. The van der Waals surface area contributed by atoms with E-state index in [1.54, 1.807) is 0 Å². The number of carbonyl (C=O) groups excluding carboxylic acids is 3. The number of nitrogens with one attached hydrogen (secondary N) is 4. The van der Waals surface area contributed by atoms with Crippen molar-refractivity contribution in [2.75, 3.05) is 12.3 Å². The van der Waals surface area contributed by atoms with Gasteiger partial charge < -0.3 is 36.9 Å². The van der Waals surface area contributed by atoms with Gasteiger partial charge in [-0.25, -0.2) is 9.78 Å². The summed E-state index contributed by atoms with van der Waals surface area (Å²) < 4.78 is 0. The topological polar surface area (TPSA) is 217 Å². The third kappa shape index (κ3) is 8.91. The molecule has 0 aliphatic carbocycles. The predicted molar refractivity (Wildman–Crippen MR) is 105 cm³/mol. The molecule has 1 aromatic rings. The summed E-state index contributed by atoms with van der Waals surface area (Å²) in [6, 6.07) is -3.51. The molecule has 0 aromatic carbocycles. The van der Waals surface area contributed by atoms with E-state index < -0.39 is 60.8 Å². The number of carbonyl (C=O) groups is 5. The van der Waals surface area contributed by atoms with Gasteiger partial charge in [-0.3, -0.25) is 19.2 Å². The molecule has 0 saturated heterocycles.